The van der Waals surface area contributed by atoms with E-state index < -0.39 is 0 Å². The summed E-state index contributed by atoms with van der Waals surface area (Å²) in [5.74, 6) is 0. The van der Waals surface area contributed by atoms with Gasteiger partial charge in [-0.15, -0.1) is 0 Å². The van der Waals surface area contributed by atoms with Crippen LogP contribution in [0.15, 0.2) is 30.3 Å². The predicted octanol–water partition coefficient (Wildman–Crippen LogP) is 1.90. The molecule has 2 heteroatoms. The summed E-state index contributed by atoms with van der Waals surface area (Å²) in [6, 6.07) is 11.2. The maximum atomic E-state index is 5.72. The van der Waals surface area contributed by atoms with Gasteiger partial charge in [0.25, 0.3) is 0 Å². The van der Waals surface area contributed by atoms with Crippen LogP contribution in [0.5, 0.6) is 0 Å². The average molecular weight is 192 g/mol. The van der Waals surface area contributed by atoms with Crippen molar-refractivity contribution in [3.8, 4) is 0 Å². The second-order valence-corrected chi connectivity index (χ2v) is 3.98. The average Bonchev–Trinajstić information content (AvgIpc) is 2.15. The summed E-state index contributed by atoms with van der Waals surface area (Å²) in [5, 5.41) is 3.45. The lowest BCUT2D eigenvalue weighted by molar-refractivity contribution is 0.476. The van der Waals surface area contributed by atoms with Gasteiger partial charge >= 0.3 is 0 Å². The number of hydrogen-bond acceptors (Lipinski definition) is 2. The Kier molecular flexibility index (Phi) is 4.63. The first-order chi connectivity index (χ1) is 6.68. The maximum Gasteiger partial charge on any atom is 0.0207 e. The monoisotopic (exact) mass is 192 g/mol. The summed E-state index contributed by atoms with van der Waals surface area (Å²) < 4.78 is 0. The quantitative estimate of drug-likeness (QED) is 0.748. The molecule has 0 heterocycles. The van der Waals surface area contributed by atoms with Gasteiger partial charge in [-0.25, -0.2) is 0 Å². The van der Waals surface area contributed by atoms with E-state index >= 15 is 0 Å². The van der Waals surface area contributed by atoms with Crippen LogP contribution in [-0.4, -0.2) is 12.1 Å². The van der Waals surface area contributed by atoms with E-state index in [1.54, 1.807) is 0 Å². The van der Waals surface area contributed by atoms with Crippen molar-refractivity contribution in [1.82, 2.24) is 5.32 Å². The van der Waals surface area contributed by atoms with Crippen molar-refractivity contribution in [2.24, 2.45) is 5.73 Å². The predicted molar refractivity (Wildman–Crippen MR) is 61.0 cm³/mol. The molecule has 0 radical (unpaired) electrons. The highest BCUT2D eigenvalue weighted by Gasteiger charge is 2.03. The minimum Gasteiger partial charge on any atom is -0.328 e. The highest BCUT2D eigenvalue weighted by Crippen LogP contribution is 2.00. The SMILES string of the molecule is CC(N)CC(C)NCc1ccccc1. The van der Waals surface area contributed by atoms with Gasteiger partial charge in [0.1, 0.15) is 0 Å². The van der Waals surface area contributed by atoms with Crippen LogP contribution in [0.4, 0.5) is 0 Å². The van der Waals surface area contributed by atoms with E-state index in [9.17, 15) is 0 Å². The van der Waals surface area contributed by atoms with Crippen molar-refractivity contribution in [3.63, 3.8) is 0 Å². The first kappa shape index (κ1) is 11.2. The summed E-state index contributed by atoms with van der Waals surface area (Å²) in [6.45, 7) is 5.14. The fourth-order valence-corrected chi connectivity index (χ4v) is 1.53. The third kappa shape index (κ3) is 4.40. The lowest BCUT2D eigenvalue weighted by atomic mass is 10.1. The zero-order valence-electron chi connectivity index (χ0n) is 9.03. The van der Waals surface area contributed by atoms with E-state index in [4.69, 9.17) is 5.73 Å². The molecule has 3 N–H and O–H groups in total. The normalized spacial score (nSPS) is 15.1. The van der Waals surface area contributed by atoms with E-state index in [0.717, 1.165) is 13.0 Å². The van der Waals surface area contributed by atoms with Crippen LogP contribution in [-0.2, 0) is 6.54 Å². The lowest BCUT2D eigenvalue weighted by Gasteiger charge is -2.15. The molecule has 1 rings (SSSR count). The molecule has 0 aliphatic heterocycles. The molecule has 0 aromatic heterocycles. The van der Waals surface area contributed by atoms with Gasteiger partial charge in [-0.1, -0.05) is 30.3 Å². The van der Waals surface area contributed by atoms with Gasteiger partial charge in [0.15, 0.2) is 0 Å². The minimum atomic E-state index is 0.272. The number of hydrogen-bond donors (Lipinski definition) is 2. The summed E-state index contributed by atoms with van der Waals surface area (Å²) in [7, 11) is 0. The van der Waals surface area contributed by atoms with E-state index in [-0.39, 0.29) is 6.04 Å². The van der Waals surface area contributed by atoms with Crippen LogP contribution >= 0.6 is 0 Å². The fraction of sp³-hybridized carbons (Fsp3) is 0.500. The first-order valence-electron chi connectivity index (χ1n) is 5.21. The smallest absolute Gasteiger partial charge is 0.0207 e. The Labute approximate surface area is 86.5 Å². The molecule has 0 spiro atoms. The van der Waals surface area contributed by atoms with E-state index in [2.05, 4.69) is 36.5 Å². The van der Waals surface area contributed by atoms with Gasteiger partial charge in [-0.05, 0) is 25.8 Å². The molecular formula is C12H20N2. The zero-order valence-corrected chi connectivity index (χ0v) is 9.03. The highest BCUT2D eigenvalue weighted by molar-refractivity contribution is 5.14. The maximum absolute atomic E-state index is 5.72. The largest absolute Gasteiger partial charge is 0.328 e. The number of nitrogens with one attached hydrogen (secondary N) is 1. The molecule has 0 bridgehead atoms. The van der Waals surface area contributed by atoms with Gasteiger partial charge < -0.3 is 11.1 Å². The molecule has 2 atom stereocenters. The number of benzene rings is 1. The van der Waals surface area contributed by atoms with Gasteiger partial charge in [0.05, 0.1) is 0 Å². The molecule has 0 fully saturated rings. The summed E-state index contributed by atoms with van der Waals surface area (Å²) in [5.41, 5.74) is 7.05. The highest BCUT2D eigenvalue weighted by atomic mass is 14.9. The molecule has 0 amide bonds. The third-order valence-corrected chi connectivity index (χ3v) is 2.22. The van der Waals surface area contributed by atoms with Crippen LogP contribution in [0, 0.1) is 0 Å². The van der Waals surface area contributed by atoms with Crippen molar-refractivity contribution in [2.75, 3.05) is 0 Å². The second kappa shape index (κ2) is 5.78. The van der Waals surface area contributed by atoms with Crippen molar-refractivity contribution < 1.29 is 0 Å². The Hall–Kier alpha value is -0.860. The van der Waals surface area contributed by atoms with E-state index in [1.807, 2.05) is 13.0 Å². The zero-order chi connectivity index (χ0) is 10.4. The van der Waals surface area contributed by atoms with Gasteiger partial charge in [-0.2, -0.15) is 0 Å². The summed E-state index contributed by atoms with van der Waals surface area (Å²) >= 11 is 0. The number of nitrogens with two attached hydrogens (primary N) is 1. The Bertz CT molecular complexity index is 244. The van der Waals surface area contributed by atoms with Crippen molar-refractivity contribution in [3.05, 3.63) is 35.9 Å². The van der Waals surface area contributed by atoms with Crippen molar-refractivity contribution in [2.45, 2.75) is 38.9 Å². The van der Waals surface area contributed by atoms with Gasteiger partial charge in [0, 0.05) is 18.6 Å². The Balaban J connectivity index is 2.27. The molecule has 2 unspecified atom stereocenters. The third-order valence-electron chi connectivity index (χ3n) is 2.22. The van der Waals surface area contributed by atoms with E-state index in [0.29, 0.717) is 6.04 Å². The summed E-state index contributed by atoms with van der Waals surface area (Å²) in [6.07, 6.45) is 1.02. The topological polar surface area (TPSA) is 38.0 Å². The lowest BCUT2D eigenvalue weighted by Crippen LogP contribution is -2.31. The second-order valence-electron chi connectivity index (χ2n) is 3.98. The van der Waals surface area contributed by atoms with Gasteiger partial charge in [-0.3, -0.25) is 0 Å². The molecule has 0 aliphatic rings. The molecule has 0 saturated heterocycles. The first-order valence-corrected chi connectivity index (χ1v) is 5.21. The molecule has 14 heavy (non-hydrogen) atoms. The van der Waals surface area contributed by atoms with Crippen LogP contribution in [0.3, 0.4) is 0 Å². The molecule has 0 saturated carbocycles. The molecular weight excluding hydrogens is 172 g/mol. The molecule has 1 aromatic carbocycles. The van der Waals surface area contributed by atoms with Crippen LogP contribution in [0.1, 0.15) is 25.8 Å². The van der Waals surface area contributed by atoms with Crippen LogP contribution in [0.25, 0.3) is 0 Å². The summed E-state index contributed by atoms with van der Waals surface area (Å²) in [4.78, 5) is 0. The fourth-order valence-electron chi connectivity index (χ4n) is 1.53. The minimum absolute atomic E-state index is 0.272. The van der Waals surface area contributed by atoms with Crippen LogP contribution < -0.4 is 11.1 Å². The standard InChI is InChI=1S/C12H20N2/c1-10(13)8-11(2)14-9-12-6-4-3-5-7-12/h3-7,10-11,14H,8-9,13H2,1-2H3. The Morgan fingerprint density at radius 1 is 1.21 bits per heavy atom. The molecule has 0 aliphatic carbocycles. The Morgan fingerprint density at radius 2 is 1.86 bits per heavy atom. The van der Waals surface area contributed by atoms with Crippen molar-refractivity contribution in [1.29, 1.82) is 0 Å². The van der Waals surface area contributed by atoms with E-state index in [1.165, 1.54) is 5.56 Å². The van der Waals surface area contributed by atoms with Gasteiger partial charge in [0.2, 0.25) is 0 Å². The number of rotatable bonds is 5. The molecule has 1 aromatic rings. The van der Waals surface area contributed by atoms with Crippen LogP contribution in [0.2, 0.25) is 0 Å². The van der Waals surface area contributed by atoms with Crippen molar-refractivity contribution >= 4 is 0 Å². The molecule has 2 nitrogen and oxygen atoms in total. The molecule has 78 valence electrons. The Morgan fingerprint density at radius 3 is 2.43 bits per heavy atom.